The summed E-state index contributed by atoms with van der Waals surface area (Å²) in [6.45, 7) is 2.37. The lowest BCUT2D eigenvalue weighted by molar-refractivity contribution is 0.788. The molecule has 0 amide bonds. The molecule has 1 nitrogen and oxygen atoms in total. The second-order valence-electron chi connectivity index (χ2n) is 8.56. The molecule has 5 aromatic rings. The Bertz CT molecular complexity index is 1340. The van der Waals surface area contributed by atoms with Gasteiger partial charge in [-0.3, -0.25) is 0 Å². The maximum Gasteiger partial charge on any atom is 0.0541 e. The quantitative estimate of drug-likeness (QED) is 0.308. The van der Waals surface area contributed by atoms with Gasteiger partial charge in [0.25, 0.3) is 0 Å². The second kappa shape index (κ2) is 6.09. The highest BCUT2D eigenvalue weighted by molar-refractivity contribution is 6.10. The van der Waals surface area contributed by atoms with E-state index in [9.17, 15) is 0 Å². The van der Waals surface area contributed by atoms with E-state index in [2.05, 4.69) is 109 Å². The lowest BCUT2D eigenvalue weighted by Crippen LogP contribution is -1.98. The van der Waals surface area contributed by atoms with E-state index in [0.29, 0.717) is 5.41 Å². The van der Waals surface area contributed by atoms with E-state index in [1.807, 2.05) is 0 Å². The van der Waals surface area contributed by atoms with Crippen molar-refractivity contribution in [2.45, 2.75) is 25.2 Å². The summed E-state index contributed by atoms with van der Waals surface area (Å²) in [7, 11) is 0. The van der Waals surface area contributed by atoms with Gasteiger partial charge < -0.3 is 4.57 Å². The molecule has 0 spiro atoms. The van der Waals surface area contributed by atoms with E-state index in [1.165, 1.54) is 57.0 Å². The predicted molar refractivity (Wildman–Crippen MR) is 123 cm³/mol. The summed E-state index contributed by atoms with van der Waals surface area (Å²) in [5.41, 5.74) is 8.17. The fourth-order valence-electron chi connectivity index (χ4n) is 4.55. The molecule has 1 aromatic heterocycles. The molecule has 0 radical (unpaired) electrons. The normalized spacial score (nSPS) is 15.1. The Morgan fingerprint density at radius 3 is 2.03 bits per heavy atom. The second-order valence-corrected chi connectivity index (χ2v) is 8.56. The van der Waals surface area contributed by atoms with E-state index in [1.54, 1.807) is 0 Å². The van der Waals surface area contributed by atoms with Crippen molar-refractivity contribution in [1.29, 1.82) is 0 Å². The molecule has 6 rings (SSSR count). The van der Waals surface area contributed by atoms with Crippen LogP contribution in [0.3, 0.4) is 0 Å². The largest absolute Gasteiger partial charge is 0.309 e. The van der Waals surface area contributed by atoms with Gasteiger partial charge in [-0.2, -0.15) is 0 Å². The van der Waals surface area contributed by atoms with Gasteiger partial charge in [0.1, 0.15) is 0 Å². The molecule has 0 N–H and O–H groups in total. The predicted octanol–water partition coefficient (Wildman–Crippen LogP) is 7.50. The minimum absolute atomic E-state index is 0.422. The molecular weight excluding hydrogens is 350 g/mol. The summed E-state index contributed by atoms with van der Waals surface area (Å²) in [5.74, 6) is 0. The van der Waals surface area contributed by atoms with Crippen molar-refractivity contribution in [3.63, 3.8) is 0 Å². The molecule has 1 heterocycles. The highest BCUT2D eigenvalue weighted by Crippen LogP contribution is 2.47. The number of nitrogens with zero attached hydrogens (tertiary/aromatic N) is 1. The van der Waals surface area contributed by atoms with Crippen molar-refractivity contribution >= 4 is 21.8 Å². The van der Waals surface area contributed by atoms with Crippen LogP contribution in [0.2, 0.25) is 0 Å². The Balaban J connectivity index is 1.54. The highest BCUT2D eigenvalue weighted by atomic mass is 15.0. The third kappa shape index (κ3) is 2.61. The van der Waals surface area contributed by atoms with Crippen molar-refractivity contribution in [1.82, 2.24) is 4.57 Å². The first-order chi connectivity index (χ1) is 14.2. The number of para-hydroxylation sites is 2. The standard InChI is InChI=1S/C28H23N/c1-28(17-18-28)22-14-11-20(12-15-22)21-13-16-27-25(19-21)24-9-5-6-10-26(24)29(27)23-7-3-2-4-8-23/h2-16,19H,17-18H2,1H3. The fraction of sp³-hybridized carbons (Fsp3) is 0.143. The van der Waals surface area contributed by atoms with Gasteiger partial charge in [-0.05, 0) is 65.3 Å². The topological polar surface area (TPSA) is 4.93 Å². The van der Waals surface area contributed by atoms with Crippen molar-refractivity contribution in [3.8, 4) is 16.8 Å². The van der Waals surface area contributed by atoms with Gasteiger partial charge >= 0.3 is 0 Å². The van der Waals surface area contributed by atoms with E-state index >= 15 is 0 Å². The van der Waals surface area contributed by atoms with Gasteiger partial charge in [-0.1, -0.05) is 73.7 Å². The average Bonchev–Trinajstić information content (AvgIpc) is 3.45. The maximum atomic E-state index is 2.37. The minimum Gasteiger partial charge on any atom is -0.309 e. The number of hydrogen-bond donors (Lipinski definition) is 0. The van der Waals surface area contributed by atoms with E-state index in [0.717, 1.165) is 0 Å². The van der Waals surface area contributed by atoms with Crippen molar-refractivity contribution in [3.05, 3.63) is 103 Å². The zero-order chi connectivity index (χ0) is 19.4. The molecule has 29 heavy (non-hydrogen) atoms. The van der Waals surface area contributed by atoms with Gasteiger partial charge in [0.05, 0.1) is 11.0 Å². The Labute approximate surface area is 171 Å². The van der Waals surface area contributed by atoms with Gasteiger partial charge in [0, 0.05) is 16.5 Å². The molecule has 1 aliphatic carbocycles. The van der Waals surface area contributed by atoms with Crippen LogP contribution in [-0.4, -0.2) is 4.57 Å². The Morgan fingerprint density at radius 1 is 0.621 bits per heavy atom. The van der Waals surface area contributed by atoms with Crippen molar-refractivity contribution in [2.24, 2.45) is 0 Å². The summed E-state index contributed by atoms with van der Waals surface area (Å²) < 4.78 is 2.37. The smallest absolute Gasteiger partial charge is 0.0541 e. The van der Waals surface area contributed by atoms with Gasteiger partial charge in [0.2, 0.25) is 0 Å². The lowest BCUT2D eigenvalue weighted by Gasteiger charge is -2.10. The van der Waals surface area contributed by atoms with Crippen LogP contribution in [0.1, 0.15) is 25.3 Å². The SMILES string of the molecule is CC1(c2ccc(-c3ccc4c(c3)c3ccccc3n4-c3ccccc3)cc2)CC1. The third-order valence-electron chi connectivity index (χ3n) is 6.60. The number of benzene rings is 4. The van der Waals surface area contributed by atoms with Crippen LogP contribution >= 0.6 is 0 Å². The van der Waals surface area contributed by atoms with Crippen molar-refractivity contribution < 1.29 is 0 Å². The molecule has 0 unspecified atom stereocenters. The Hall–Kier alpha value is -3.32. The monoisotopic (exact) mass is 373 g/mol. The molecule has 1 saturated carbocycles. The molecule has 140 valence electrons. The number of aromatic nitrogens is 1. The molecule has 1 fully saturated rings. The number of hydrogen-bond acceptors (Lipinski definition) is 0. The summed E-state index contributed by atoms with van der Waals surface area (Å²) >= 11 is 0. The molecule has 0 bridgehead atoms. The molecule has 0 aliphatic heterocycles. The molecule has 0 saturated heterocycles. The Kier molecular flexibility index (Phi) is 3.49. The van der Waals surface area contributed by atoms with Crippen LogP contribution in [0.25, 0.3) is 38.6 Å². The molecule has 1 aliphatic rings. The first kappa shape index (κ1) is 16.6. The molecule has 1 heteroatoms. The fourth-order valence-corrected chi connectivity index (χ4v) is 4.55. The van der Waals surface area contributed by atoms with Crippen LogP contribution < -0.4 is 0 Å². The lowest BCUT2D eigenvalue weighted by atomic mass is 9.95. The summed E-state index contributed by atoms with van der Waals surface area (Å²) in [5, 5.41) is 2.61. The summed E-state index contributed by atoms with van der Waals surface area (Å²) in [6.07, 6.45) is 2.63. The summed E-state index contributed by atoms with van der Waals surface area (Å²) in [6, 6.07) is 35.4. The Morgan fingerprint density at radius 2 is 1.28 bits per heavy atom. The minimum atomic E-state index is 0.422. The van der Waals surface area contributed by atoms with Gasteiger partial charge in [-0.15, -0.1) is 0 Å². The maximum absolute atomic E-state index is 2.37. The zero-order valence-electron chi connectivity index (χ0n) is 16.6. The number of fused-ring (bicyclic) bond motifs is 3. The van der Waals surface area contributed by atoms with E-state index in [4.69, 9.17) is 0 Å². The molecule has 4 aromatic carbocycles. The zero-order valence-corrected chi connectivity index (χ0v) is 16.6. The first-order valence-electron chi connectivity index (χ1n) is 10.4. The highest BCUT2D eigenvalue weighted by Gasteiger charge is 2.38. The molecular formula is C28H23N. The van der Waals surface area contributed by atoms with E-state index < -0.39 is 0 Å². The number of rotatable bonds is 3. The van der Waals surface area contributed by atoms with Crippen LogP contribution in [0, 0.1) is 0 Å². The van der Waals surface area contributed by atoms with Gasteiger partial charge in [0.15, 0.2) is 0 Å². The summed E-state index contributed by atoms with van der Waals surface area (Å²) in [4.78, 5) is 0. The molecule has 0 atom stereocenters. The van der Waals surface area contributed by atoms with Crippen LogP contribution in [-0.2, 0) is 5.41 Å². The van der Waals surface area contributed by atoms with Crippen molar-refractivity contribution in [2.75, 3.05) is 0 Å². The van der Waals surface area contributed by atoms with Crippen LogP contribution in [0.15, 0.2) is 97.1 Å². The van der Waals surface area contributed by atoms with Gasteiger partial charge in [-0.25, -0.2) is 0 Å². The third-order valence-corrected chi connectivity index (χ3v) is 6.60. The van der Waals surface area contributed by atoms with Crippen LogP contribution in [0.4, 0.5) is 0 Å². The first-order valence-corrected chi connectivity index (χ1v) is 10.4. The van der Waals surface area contributed by atoms with Crippen LogP contribution in [0.5, 0.6) is 0 Å². The average molecular weight is 373 g/mol. The van der Waals surface area contributed by atoms with E-state index in [-0.39, 0.29) is 0 Å².